The first-order chi connectivity index (χ1) is 13.4. The molecule has 1 amide bonds. The summed E-state index contributed by atoms with van der Waals surface area (Å²) in [6.07, 6.45) is 2.46. The average molecular weight is 517 g/mol. The van der Waals surface area contributed by atoms with E-state index in [4.69, 9.17) is 9.73 Å². The second-order valence-electron chi connectivity index (χ2n) is 7.43. The molecular formula is C21H36IN5O2. The van der Waals surface area contributed by atoms with E-state index >= 15 is 0 Å². The SMILES string of the molecule is CCN1CCCC1CN(C)C(=NCc1ccc(OC)cc1)NCC(=O)N(C)C.I. The van der Waals surface area contributed by atoms with Crippen LogP contribution >= 0.6 is 24.0 Å². The van der Waals surface area contributed by atoms with Gasteiger partial charge in [0, 0.05) is 33.7 Å². The zero-order valence-electron chi connectivity index (χ0n) is 18.4. The molecule has 1 aliphatic rings. The number of methoxy groups -OCH3 is 1. The number of hydrogen-bond donors (Lipinski definition) is 1. The number of rotatable bonds is 8. The van der Waals surface area contributed by atoms with Gasteiger partial charge in [-0.15, -0.1) is 24.0 Å². The summed E-state index contributed by atoms with van der Waals surface area (Å²) in [4.78, 5) is 23.0. The summed E-state index contributed by atoms with van der Waals surface area (Å²) in [6, 6.07) is 8.44. The molecule has 1 atom stereocenters. The number of carbonyl (C=O) groups is 1. The fraction of sp³-hybridized carbons (Fsp3) is 0.619. The quantitative estimate of drug-likeness (QED) is 0.326. The van der Waals surface area contributed by atoms with Crippen molar-refractivity contribution in [2.45, 2.75) is 32.4 Å². The molecule has 1 heterocycles. The standard InChI is InChI=1S/C21H35N5O2.HI/c1-6-26-13-7-8-18(26)16-25(4)21(23-15-20(27)24(2)3)22-14-17-9-11-19(28-5)12-10-17;/h9-12,18H,6-8,13-16H2,1-5H3,(H,22,23);1H. The molecule has 7 nitrogen and oxygen atoms in total. The van der Waals surface area contributed by atoms with Crippen LogP contribution in [0.25, 0.3) is 0 Å². The minimum atomic E-state index is 0. The van der Waals surface area contributed by atoms with Crippen molar-refractivity contribution in [2.75, 3.05) is 54.4 Å². The predicted molar refractivity (Wildman–Crippen MR) is 129 cm³/mol. The molecule has 1 unspecified atom stereocenters. The van der Waals surface area contributed by atoms with Gasteiger partial charge in [-0.3, -0.25) is 9.69 Å². The molecule has 0 aliphatic carbocycles. The first kappa shape index (κ1) is 25.5. The molecular weight excluding hydrogens is 481 g/mol. The van der Waals surface area contributed by atoms with Crippen molar-refractivity contribution >= 4 is 35.8 Å². The molecule has 1 aliphatic heterocycles. The van der Waals surface area contributed by atoms with Gasteiger partial charge in [-0.2, -0.15) is 0 Å². The van der Waals surface area contributed by atoms with Gasteiger partial charge in [0.2, 0.25) is 5.91 Å². The number of carbonyl (C=O) groups excluding carboxylic acids is 1. The van der Waals surface area contributed by atoms with Crippen molar-refractivity contribution in [1.82, 2.24) is 20.0 Å². The highest BCUT2D eigenvalue weighted by atomic mass is 127. The number of ether oxygens (including phenoxy) is 1. The molecule has 29 heavy (non-hydrogen) atoms. The van der Waals surface area contributed by atoms with Gasteiger partial charge in [-0.1, -0.05) is 19.1 Å². The van der Waals surface area contributed by atoms with Crippen LogP contribution in [0, 0.1) is 0 Å². The highest BCUT2D eigenvalue weighted by molar-refractivity contribution is 14.0. The first-order valence-corrected chi connectivity index (χ1v) is 10.0. The highest BCUT2D eigenvalue weighted by Gasteiger charge is 2.25. The first-order valence-electron chi connectivity index (χ1n) is 10.0. The van der Waals surface area contributed by atoms with Crippen LogP contribution in [-0.4, -0.2) is 87.0 Å². The molecule has 164 valence electrons. The molecule has 1 aromatic rings. The Kier molecular flexibility index (Phi) is 11.3. The van der Waals surface area contributed by atoms with Gasteiger partial charge in [0.25, 0.3) is 0 Å². The number of likely N-dealkylation sites (N-methyl/N-ethyl adjacent to an activating group) is 3. The molecule has 0 spiro atoms. The minimum Gasteiger partial charge on any atom is -0.497 e. The monoisotopic (exact) mass is 517 g/mol. The molecule has 1 aromatic carbocycles. The van der Waals surface area contributed by atoms with E-state index in [1.54, 1.807) is 26.1 Å². The summed E-state index contributed by atoms with van der Waals surface area (Å²) in [5, 5.41) is 3.24. The normalized spacial score (nSPS) is 16.9. The summed E-state index contributed by atoms with van der Waals surface area (Å²) in [5.74, 6) is 1.62. The molecule has 1 fully saturated rings. The maximum absolute atomic E-state index is 12.0. The summed E-state index contributed by atoms with van der Waals surface area (Å²) in [7, 11) is 7.24. The third-order valence-corrected chi connectivity index (χ3v) is 5.22. The third kappa shape index (κ3) is 8.00. The van der Waals surface area contributed by atoms with Gasteiger partial charge >= 0.3 is 0 Å². The number of amides is 1. The molecule has 1 saturated heterocycles. The van der Waals surface area contributed by atoms with Crippen LogP contribution in [0.4, 0.5) is 0 Å². The Hall–Kier alpha value is -1.55. The number of hydrogen-bond acceptors (Lipinski definition) is 4. The van der Waals surface area contributed by atoms with Crippen LogP contribution in [0.2, 0.25) is 0 Å². The van der Waals surface area contributed by atoms with Crippen LogP contribution in [0.5, 0.6) is 5.75 Å². The Balaban J connectivity index is 0.00000420. The van der Waals surface area contributed by atoms with Gasteiger partial charge in [-0.25, -0.2) is 4.99 Å². The van der Waals surface area contributed by atoms with E-state index in [0.717, 1.165) is 30.4 Å². The van der Waals surface area contributed by atoms with E-state index in [0.29, 0.717) is 12.6 Å². The number of aliphatic imine (C=N–C) groups is 1. The van der Waals surface area contributed by atoms with Gasteiger partial charge in [-0.05, 0) is 43.6 Å². The fourth-order valence-electron chi connectivity index (χ4n) is 3.44. The summed E-state index contributed by atoms with van der Waals surface area (Å²) < 4.78 is 5.21. The molecule has 0 radical (unpaired) electrons. The molecule has 2 rings (SSSR count). The lowest BCUT2D eigenvalue weighted by Crippen LogP contribution is -2.48. The zero-order chi connectivity index (χ0) is 20.5. The van der Waals surface area contributed by atoms with Gasteiger partial charge in [0.1, 0.15) is 5.75 Å². The van der Waals surface area contributed by atoms with Crippen molar-refractivity contribution in [1.29, 1.82) is 0 Å². The van der Waals surface area contributed by atoms with Crippen LogP contribution < -0.4 is 10.1 Å². The van der Waals surface area contributed by atoms with Gasteiger partial charge in [0.15, 0.2) is 5.96 Å². The van der Waals surface area contributed by atoms with E-state index in [9.17, 15) is 4.79 Å². The lowest BCUT2D eigenvalue weighted by atomic mass is 10.2. The van der Waals surface area contributed by atoms with E-state index < -0.39 is 0 Å². The number of halogens is 1. The van der Waals surface area contributed by atoms with Crippen LogP contribution in [0.3, 0.4) is 0 Å². The molecule has 0 saturated carbocycles. The van der Waals surface area contributed by atoms with Crippen molar-refractivity contribution in [3.63, 3.8) is 0 Å². The number of nitrogens with zero attached hydrogens (tertiary/aromatic N) is 4. The number of likely N-dealkylation sites (tertiary alicyclic amines) is 1. The smallest absolute Gasteiger partial charge is 0.241 e. The van der Waals surface area contributed by atoms with E-state index in [-0.39, 0.29) is 36.4 Å². The summed E-state index contributed by atoms with van der Waals surface area (Å²) in [6.45, 7) is 6.14. The Morgan fingerprint density at radius 2 is 1.97 bits per heavy atom. The van der Waals surface area contributed by atoms with Gasteiger partial charge < -0.3 is 19.9 Å². The molecule has 0 aromatic heterocycles. The van der Waals surface area contributed by atoms with Crippen molar-refractivity contribution in [3.05, 3.63) is 29.8 Å². The average Bonchev–Trinajstić information content (AvgIpc) is 3.15. The summed E-state index contributed by atoms with van der Waals surface area (Å²) in [5.41, 5.74) is 1.10. The Morgan fingerprint density at radius 3 is 2.55 bits per heavy atom. The fourth-order valence-corrected chi connectivity index (χ4v) is 3.44. The van der Waals surface area contributed by atoms with E-state index in [1.807, 2.05) is 31.3 Å². The highest BCUT2D eigenvalue weighted by Crippen LogP contribution is 2.17. The Bertz CT molecular complexity index is 651. The lowest BCUT2D eigenvalue weighted by Gasteiger charge is -2.30. The van der Waals surface area contributed by atoms with Crippen molar-refractivity contribution in [3.8, 4) is 5.75 Å². The van der Waals surface area contributed by atoms with E-state index in [2.05, 4.69) is 22.0 Å². The number of benzene rings is 1. The molecule has 0 bridgehead atoms. The predicted octanol–water partition coefficient (Wildman–Crippen LogP) is 2.26. The zero-order valence-corrected chi connectivity index (χ0v) is 20.7. The van der Waals surface area contributed by atoms with Crippen LogP contribution in [-0.2, 0) is 11.3 Å². The second kappa shape index (κ2) is 12.9. The number of guanidine groups is 1. The maximum atomic E-state index is 12.0. The van der Waals surface area contributed by atoms with Crippen LogP contribution in [0.1, 0.15) is 25.3 Å². The Morgan fingerprint density at radius 1 is 1.28 bits per heavy atom. The maximum Gasteiger partial charge on any atom is 0.241 e. The largest absolute Gasteiger partial charge is 0.497 e. The van der Waals surface area contributed by atoms with Crippen molar-refractivity contribution < 1.29 is 9.53 Å². The van der Waals surface area contributed by atoms with Crippen LogP contribution in [0.15, 0.2) is 29.3 Å². The minimum absolute atomic E-state index is 0. The van der Waals surface area contributed by atoms with Gasteiger partial charge in [0.05, 0.1) is 20.2 Å². The lowest BCUT2D eigenvalue weighted by molar-refractivity contribution is -0.127. The summed E-state index contributed by atoms with van der Waals surface area (Å²) >= 11 is 0. The molecule has 1 N–H and O–H groups in total. The molecule has 8 heteroatoms. The van der Waals surface area contributed by atoms with Crippen molar-refractivity contribution in [2.24, 2.45) is 4.99 Å². The van der Waals surface area contributed by atoms with E-state index in [1.165, 1.54) is 19.4 Å². The topological polar surface area (TPSA) is 60.4 Å². The second-order valence-corrected chi connectivity index (χ2v) is 7.43. The third-order valence-electron chi connectivity index (χ3n) is 5.22. The Labute approximate surface area is 192 Å². The number of nitrogens with one attached hydrogen (secondary N) is 1.